The first-order valence-electron chi connectivity index (χ1n) is 5.88. The number of nitrogens with one attached hydrogen (secondary N) is 1. The molecule has 5 nitrogen and oxygen atoms in total. The van der Waals surface area contributed by atoms with Gasteiger partial charge in [-0.1, -0.05) is 19.7 Å². The van der Waals surface area contributed by atoms with E-state index in [0.717, 1.165) is 19.2 Å². The van der Waals surface area contributed by atoms with Crippen LogP contribution in [0.3, 0.4) is 0 Å². The van der Waals surface area contributed by atoms with Crippen LogP contribution >= 0.6 is 0 Å². The molecule has 0 aromatic heterocycles. The molecule has 2 unspecified atom stereocenters. The van der Waals surface area contributed by atoms with E-state index in [2.05, 4.69) is 5.32 Å². The van der Waals surface area contributed by atoms with Gasteiger partial charge < -0.3 is 21.2 Å². The van der Waals surface area contributed by atoms with Crippen molar-refractivity contribution < 1.29 is 14.9 Å². The van der Waals surface area contributed by atoms with Crippen molar-refractivity contribution in [1.29, 1.82) is 0 Å². The maximum Gasteiger partial charge on any atom is 0.323 e. The third kappa shape index (κ3) is 3.47. The first-order valence-corrected chi connectivity index (χ1v) is 5.88. The van der Waals surface area contributed by atoms with E-state index in [1.54, 1.807) is 6.82 Å². The molecule has 0 aliphatic carbocycles. The summed E-state index contributed by atoms with van der Waals surface area (Å²) >= 11 is 0. The van der Waals surface area contributed by atoms with E-state index < -0.39 is 11.5 Å². The van der Waals surface area contributed by atoms with Crippen LogP contribution in [-0.4, -0.2) is 41.1 Å². The summed E-state index contributed by atoms with van der Waals surface area (Å²) < 4.78 is 0. The number of nitrogens with two attached hydrogens (primary N) is 1. The lowest BCUT2D eigenvalue weighted by atomic mass is 9.66. The summed E-state index contributed by atoms with van der Waals surface area (Å²) in [5.74, 6) is -0.808. The van der Waals surface area contributed by atoms with Crippen LogP contribution in [0, 0.1) is 0 Å². The molecule has 16 heavy (non-hydrogen) atoms. The fraction of sp³-hybridized carbons (Fsp3) is 0.900. The quantitative estimate of drug-likeness (QED) is 0.376. The first-order chi connectivity index (χ1) is 7.46. The number of hydrogen-bond acceptors (Lipinski definition) is 4. The molecule has 0 radical (unpaired) electrons. The molecule has 0 aromatic carbocycles. The van der Waals surface area contributed by atoms with Gasteiger partial charge in [-0.05, 0) is 19.2 Å². The molecule has 5 N–H and O–H groups in total. The smallest absolute Gasteiger partial charge is 0.323 e. The number of carboxylic acid groups (broad SMARTS) is 1. The third-order valence-corrected chi connectivity index (χ3v) is 3.20. The van der Waals surface area contributed by atoms with Crippen LogP contribution in [0.25, 0.3) is 0 Å². The lowest BCUT2D eigenvalue weighted by Crippen LogP contribution is -2.47. The van der Waals surface area contributed by atoms with Gasteiger partial charge in [0.1, 0.15) is 5.54 Å². The second kappa shape index (κ2) is 5.66. The summed E-state index contributed by atoms with van der Waals surface area (Å²) in [4.78, 5) is 11.2. The Morgan fingerprint density at radius 3 is 2.75 bits per heavy atom. The molecule has 0 saturated carbocycles. The van der Waals surface area contributed by atoms with Crippen LogP contribution in [0.15, 0.2) is 0 Å². The van der Waals surface area contributed by atoms with E-state index in [1.165, 1.54) is 0 Å². The minimum absolute atomic E-state index is 0.0622. The molecule has 0 amide bonds. The van der Waals surface area contributed by atoms with Crippen LogP contribution in [0.4, 0.5) is 0 Å². The normalized spacial score (nSPS) is 29.3. The van der Waals surface area contributed by atoms with Crippen molar-refractivity contribution in [2.24, 2.45) is 5.73 Å². The summed E-state index contributed by atoms with van der Waals surface area (Å²) in [6, 6.07) is -0.0622. The van der Waals surface area contributed by atoms with Crippen LogP contribution < -0.4 is 11.1 Å². The SMILES string of the molecule is CB(O)CCCCC1(C(=O)O)CC(N)CN1. The Balaban J connectivity index is 2.38. The van der Waals surface area contributed by atoms with Crippen LogP contribution in [0.2, 0.25) is 13.1 Å². The molecule has 1 rings (SSSR count). The summed E-state index contributed by atoms with van der Waals surface area (Å²) in [7, 11) is 0. The number of carbonyl (C=O) groups is 1. The van der Waals surface area contributed by atoms with Gasteiger partial charge in [-0.2, -0.15) is 0 Å². The monoisotopic (exact) mass is 228 g/mol. The zero-order valence-electron chi connectivity index (χ0n) is 9.78. The molecule has 1 aliphatic heterocycles. The van der Waals surface area contributed by atoms with Gasteiger partial charge in [-0.3, -0.25) is 4.79 Å². The molecule has 92 valence electrons. The maximum atomic E-state index is 11.2. The van der Waals surface area contributed by atoms with Gasteiger partial charge in [0.2, 0.25) is 0 Å². The van der Waals surface area contributed by atoms with Crippen molar-refractivity contribution in [1.82, 2.24) is 5.32 Å². The number of aliphatic carboxylic acids is 1. The molecule has 0 spiro atoms. The van der Waals surface area contributed by atoms with Gasteiger partial charge in [0.25, 0.3) is 6.92 Å². The largest absolute Gasteiger partial charge is 0.480 e. The van der Waals surface area contributed by atoms with Crippen molar-refractivity contribution >= 4 is 12.9 Å². The van der Waals surface area contributed by atoms with E-state index in [0.29, 0.717) is 19.4 Å². The number of unbranched alkanes of at least 4 members (excludes halogenated alkanes) is 1. The highest BCUT2D eigenvalue weighted by Crippen LogP contribution is 2.25. The number of hydrogen-bond donors (Lipinski definition) is 4. The van der Waals surface area contributed by atoms with Gasteiger partial charge in [-0.25, -0.2) is 0 Å². The van der Waals surface area contributed by atoms with Gasteiger partial charge in [0.15, 0.2) is 0 Å². The maximum absolute atomic E-state index is 11.2. The summed E-state index contributed by atoms with van der Waals surface area (Å²) in [5.41, 5.74) is 4.90. The summed E-state index contributed by atoms with van der Waals surface area (Å²) in [5, 5.41) is 21.4. The van der Waals surface area contributed by atoms with Gasteiger partial charge >= 0.3 is 5.97 Å². The van der Waals surface area contributed by atoms with Crippen LogP contribution in [0.1, 0.15) is 25.7 Å². The van der Waals surface area contributed by atoms with Crippen molar-refractivity contribution in [3.05, 3.63) is 0 Å². The van der Waals surface area contributed by atoms with Gasteiger partial charge in [0.05, 0.1) is 0 Å². The molecule has 1 fully saturated rings. The van der Waals surface area contributed by atoms with Crippen molar-refractivity contribution in [3.63, 3.8) is 0 Å². The van der Waals surface area contributed by atoms with E-state index in [-0.39, 0.29) is 13.0 Å². The predicted octanol–water partition coefficient (Wildman–Crippen LogP) is -0.0857. The summed E-state index contributed by atoms with van der Waals surface area (Å²) in [6.07, 6.45) is 3.46. The van der Waals surface area contributed by atoms with Gasteiger partial charge in [0, 0.05) is 12.6 Å². The average Bonchev–Trinajstić information content (AvgIpc) is 2.56. The molecule has 2 atom stereocenters. The van der Waals surface area contributed by atoms with E-state index in [4.69, 9.17) is 10.8 Å². The fourth-order valence-electron chi connectivity index (χ4n) is 2.25. The summed E-state index contributed by atoms with van der Waals surface area (Å²) in [6.45, 7) is 2.01. The highest BCUT2D eigenvalue weighted by Gasteiger charge is 2.43. The van der Waals surface area contributed by atoms with Crippen molar-refractivity contribution in [2.45, 2.75) is 50.4 Å². The molecule has 0 bridgehead atoms. The highest BCUT2D eigenvalue weighted by atomic mass is 16.4. The Labute approximate surface area is 96.5 Å². The molecule has 1 aliphatic rings. The van der Waals surface area contributed by atoms with Gasteiger partial charge in [-0.15, -0.1) is 0 Å². The second-order valence-electron chi connectivity index (χ2n) is 4.83. The predicted molar refractivity (Wildman–Crippen MR) is 63.5 cm³/mol. The Morgan fingerprint density at radius 2 is 2.31 bits per heavy atom. The molecular weight excluding hydrogens is 207 g/mol. The average molecular weight is 228 g/mol. The van der Waals surface area contributed by atoms with E-state index >= 15 is 0 Å². The lowest BCUT2D eigenvalue weighted by molar-refractivity contribution is -0.144. The Kier molecular flexibility index (Phi) is 4.77. The zero-order chi connectivity index (χ0) is 12.2. The Bertz CT molecular complexity index is 250. The molecule has 1 heterocycles. The van der Waals surface area contributed by atoms with Crippen molar-refractivity contribution in [3.8, 4) is 0 Å². The first kappa shape index (κ1) is 13.5. The standard InChI is InChI=1S/C10H21BN2O3/c1-11(16)5-3-2-4-10(9(14)15)6-8(12)7-13-10/h8,13,16H,2-7,12H2,1H3,(H,14,15). The minimum Gasteiger partial charge on any atom is -0.480 e. The lowest BCUT2D eigenvalue weighted by Gasteiger charge is -2.24. The zero-order valence-corrected chi connectivity index (χ0v) is 9.78. The Morgan fingerprint density at radius 1 is 1.62 bits per heavy atom. The van der Waals surface area contributed by atoms with Crippen LogP contribution in [-0.2, 0) is 4.79 Å². The number of carboxylic acids is 1. The molecule has 6 heteroatoms. The molecule has 0 aromatic rings. The topological polar surface area (TPSA) is 95.6 Å². The molecule has 1 saturated heterocycles. The Hall–Kier alpha value is -0.585. The van der Waals surface area contributed by atoms with E-state index in [9.17, 15) is 9.90 Å². The van der Waals surface area contributed by atoms with E-state index in [1.807, 2.05) is 0 Å². The third-order valence-electron chi connectivity index (χ3n) is 3.20. The fourth-order valence-corrected chi connectivity index (χ4v) is 2.25. The second-order valence-corrected chi connectivity index (χ2v) is 4.83. The highest BCUT2D eigenvalue weighted by molar-refractivity contribution is 6.48. The van der Waals surface area contributed by atoms with Crippen molar-refractivity contribution in [2.75, 3.05) is 6.54 Å². The molecular formula is C10H21BN2O3. The minimum atomic E-state index is -0.835. The van der Waals surface area contributed by atoms with Crippen LogP contribution in [0.5, 0.6) is 0 Å². The number of rotatable bonds is 6.